The minimum atomic E-state index is -0.170. The van der Waals surface area contributed by atoms with E-state index in [2.05, 4.69) is 5.32 Å². The lowest BCUT2D eigenvalue weighted by molar-refractivity contribution is 0.269. The van der Waals surface area contributed by atoms with Crippen molar-refractivity contribution in [3.8, 4) is 5.75 Å². The van der Waals surface area contributed by atoms with Crippen LogP contribution in [0.3, 0.4) is 0 Å². The van der Waals surface area contributed by atoms with Gasteiger partial charge in [-0.1, -0.05) is 17.7 Å². The van der Waals surface area contributed by atoms with Gasteiger partial charge < -0.3 is 10.1 Å². The minimum Gasteiger partial charge on any atom is -0.495 e. The van der Waals surface area contributed by atoms with Crippen LogP contribution in [0.4, 0.5) is 10.5 Å². The third-order valence-electron chi connectivity index (χ3n) is 2.62. The SMILES string of the molecule is COc1ccc(C)cc1NC(=O)Sc1ccc(Cl)cc1. The Kier molecular flexibility index (Phi) is 4.93. The number of rotatable bonds is 3. The highest BCUT2D eigenvalue weighted by atomic mass is 35.5. The summed E-state index contributed by atoms with van der Waals surface area (Å²) in [6.07, 6.45) is 0. The van der Waals surface area contributed by atoms with Crippen molar-refractivity contribution in [3.05, 3.63) is 53.1 Å². The van der Waals surface area contributed by atoms with Crippen LogP contribution in [0.15, 0.2) is 47.4 Å². The fourth-order valence-corrected chi connectivity index (χ4v) is 2.44. The van der Waals surface area contributed by atoms with Gasteiger partial charge in [0, 0.05) is 9.92 Å². The maximum absolute atomic E-state index is 12.0. The van der Waals surface area contributed by atoms with Crippen LogP contribution in [0.2, 0.25) is 5.02 Å². The lowest BCUT2D eigenvalue weighted by atomic mass is 10.2. The molecule has 0 spiro atoms. The molecule has 0 aliphatic carbocycles. The van der Waals surface area contributed by atoms with Gasteiger partial charge in [0.15, 0.2) is 0 Å². The fraction of sp³-hybridized carbons (Fsp3) is 0.133. The van der Waals surface area contributed by atoms with Gasteiger partial charge in [0.1, 0.15) is 5.75 Å². The zero-order chi connectivity index (χ0) is 14.5. The van der Waals surface area contributed by atoms with E-state index in [0.717, 1.165) is 22.2 Å². The second-order valence-electron chi connectivity index (χ2n) is 4.17. The van der Waals surface area contributed by atoms with Gasteiger partial charge in [-0.25, -0.2) is 0 Å². The predicted molar refractivity (Wildman–Crippen MR) is 84.1 cm³/mol. The number of methoxy groups -OCH3 is 1. The van der Waals surface area contributed by atoms with Crippen molar-refractivity contribution >= 4 is 34.3 Å². The van der Waals surface area contributed by atoms with Gasteiger partial charge >= 0.3 is 0 Å². The molecule has 5 heteroatoms. The first kappa shape index (κ1) is 14.8. The van der Waals surface area contributed by atoms with Gasteiger partial charge in [-0.15, -0.1) is 0 Å². The van der Waals surface area contributed by atoms with Gasteiger partial charge in [0.25, 0.3) is 5.24 Å². The molecule has 0 unspecified atom stereocenters. The van der Waals surface area contributed by atoms with E-state index in [0.29, 0.717) is 16.5 Å². The standard InChI is InChI=1S/C15H14ClNO2S/c1-10-3-8-14(19-2)13(9-10)17-15(18)20-12-6-4-11(16)5-7-12/h3-9H,1-2H3,(H,17,18). The smallest absolute Gasteiger partial charge is 0.288 e. The molecule has 0 atom stereocenters. The van der Waals surface area contributed by atoms with Crippen LogP contribution in [0.5, 0.6) is 5.75 Å². The highest BCUT2D eigenvalue weighted by Gasteiger charge is 2.09. The van der Waals surface area contributed by atoms with Crippen molar-refractivity contribution in [2.45, 2.75) is 11.8 Å². The second kappa shape index (κ2) is 6.68. The number of nitrogens with one attached hydrogen (secondary N) is 1. The molecule has 1 amide bonds. The molecule has 0 heterocycles. The molecule has 0 saturated carbocycles. The number of ether oxygens (including phenoxy) is 1. The van der Waals surface area contributed by atoms with Crippen LogP contribution >= 0.6 is 23.4 Å². The molecule has 2 aromatic carbocycles. The largest absolute Gasteiger partial charge is 0.495 e. The highest BCUT2D eigenvalue weighted by molar-refractivity contribution is 8.13. The topological polar surface area (TPSA) is 38.3 Å². The third-order valence-corrected chi connectivity index (χ3v) is 3.66. The molecule has 0 radical (unpaired) electrons. The van der Waals surface area contributed by atoms with Crippen molar-refractivity contribution < 1.29 is 9.53 Å². The van der Waals surface area contributed by atoms with Crippen LogP contribution < -0.4 is 10.1 Å². The number of hydrogen-bond donors (Lipinski definition) is 1. The first-order valence-electron chi connectivity index (χ1n) is 5.97. The zero-order valence-corrected chi connectivity index (χ0v) is 12.7. The summed E-state index contributed by atoms with van der Waals surface area (Å²) in [6.45, 7) is 1.96. The van der Waals surface area contributed by atoms with E-state index in [1.807, 2.05) is 25.1 Å². The van der Waals surface area contributed by atoms with E-state index in [1.54, 1.807) is 31.4 Å². The van der Waals surface area contributed by atoms with Gasteiger partial charge in [-0.05, 0) is 60.6 Å². The molecule has 0 aromatic heterocycles. The van der Waals surface area contributed by atoms with E-state index in [-0.39, 0.29) is 5.24 Å². The summed E-state index contributed by atoms with van der Waals surface area (Å²) < 4.78 is 5.23. The number of carbonyl (C=O) groups excluding carboxylic acids is 1. The molecule has 1 N–H and O–H groups in total. The summed E-state index contributed by atoms with van der Waals surface area (Å²) >= 11 is 6.92. The molecule has 0 aliphatic heterocycles. The van der Waals surface area contributed by atoms with E-state index in [9.17, 15) is 4.79 Å². The van der Waals surface area contributed by atoms with Gasteiger partial charge in [0.05, 0.1) is 12.8 Å². The molecule has 3 nitrogen and oxygen atoms in total. The maximum atomic E-state index is 12.0. The number of anilines is 1. The van der Waals surface area contributed by atoms with Crippen molar-refractivity contribution in [1.29, 1.82) is 0 Å². The Labute approximate surface area is 127 Å². The Balaban J connectivity index is 2.08. The Morgan fingerprint density at radius 1 is 1.20 bits per heavy atom. The quantitative estimate of drug-likeness (QED) is 0.813. The first-order valence-corrected chi connectivity index (χ1v) is 7.17. The summed E-state index contributed by atoms with van der Waals surface area (Å²) in [7, 11) is 1.58. The number of aryl methyl sites for hydroxylation is 1. The highest BCUT2D eigenvalue weighted by Crippen LogP contribution is 2.28. The summed E-state index contributed by atoms with van der Waals surface area (Å²) in [6, 6.07) is 12.8. The van der Waals surface area contributed by atoms with Crippen LogP contribution in [-0.2, 0) is 0 Å². The zero-order valence-electron chi connectivity index (χ0n) is 11.1. The summed E-state index contributed by atoms with van der Waals surface area (Å²) in [4.78, 5) is 12.8. The number of amides is 1. The number of hydrogen-bond acceptors (Lipinski definition) is 3. The van der Waals surface area contributed by atoms with Crippen LogP contribution in [0.25, 0.3) is 0 Å². The molecule has 20 heavy (non-hydrogen) atoms. The fourth-order valence-electron chi connectivity index (χ4n) is 1.66. The molecule has 104 valence electrons. The lowest BCUT2D eigenvalue weighted by Gasteiger charge is -2.10. The van der Waals surface area contributed by atoms with E-state index < -0.39 is 0 Å². The molecular formula is C15H14ClNO2S. The molecule has 0 bridgehead atoms. The Bertz CT molecular complexity index is 614. The molecule has 2 rings (SSSR count). The third kappa shape index (κ3) is 3.92. The Hall–Kier alpha value is -1.65. The number of benzene rings is 2. The minimum absolute atomic E-state index is 0.170. The van der Waals surface area contributed by atoms with Crippen LogP contribution in [0, 0.1) is 6.92 Å². The van der Waals surface area contributed by atoms with Gasteiger partial charge in [-0.2, -0.15) is 0 Å². The maximum Gasteiger partial charge on any atom is 0.288 e. The van der Waals surface area contributed by atoms with Crippen molar-refractivity contribution in [1.82, 2.24) is 0 Å². The summed E-state index contributed by atoms with van der Waals surface area (Å²) in [5.74, 6) is 0.639. The predicted octanol–water partition coefficient (Wildman–Crippen LogP) is 4.98. The number of thioether (sulfide) groups is 1. The average molecular weight is 308 g/mol. The second-order valence-corrected chi connectivity index (χ2v) is 5.65. The normalized spacial score (nSPS) is 10.2. The van der Waals surface area contributed by atoms with Gasteiger partial charge in [0.2, 0.25) is 0 Å². The Morgan fingerprint density at radius 2 is 1.90 bits per heavy atom. The molecule has 0 fully saturated rings. The first-order chi connectivity index (χ1) is 9.58. The van der Waals surface area contributed by atoms with Crippen molar-refractivity contribution in [2.24, 2.45) is 0 Å². The number of carbonyl (C=O) groups is 1. The molecule has 0 aliphatic rings. The van der Waals surface area contributed by atoms with Crippen molar-refractivity contribution in [3.63, 3.8) is 0 Å². The summed E-state index contributed by atoms with van der Waals surface area (Å²) in [5, 5.41) is 3.31. The average Bonchev–Trinajstić information content (AvgIpc) is 2.41. The van der Waals surface area contributed by atoms with Crippen LogP contribution in [-0.4, -0.2) is 12.3 Å². The summed E-state index contributed by atoms with van der Waals surface area (Å²) in [5.41, 5.74) is 1.72. The van der Waals surface area contributed by atoms with E-state index >= 15 is 0 Å². The van der Waals surface area contributed by atoms with Gasteiger partial charge in [-0.3, -0.25) is 4.79 Å². The Morgan fingerprint density at radius 3 is 2.55 bits per heavy atom. The van der Waals surface area contributed by atoms with E-state index in [1.165, 1.54) is 0 Å². The molecule has 2 aromatic rings. The van der Waals surface area contributed by atoms with Crippen molar-refractivity contribution in [2.75, 3.05) is 12.4 Å². The van der Waals surface area contributed by atoms with E-state index in [4.69, 9.17) is 16.3 Å². The monoisotopic (exact) mass is 307 g/mol. The van der Waals surface area contributed by atoms with Crippen LogP contribution in [0.1, 0.15) is 5.56 Å². The number of halogens is 1. The molecular weight excluding hydrogens is 294 g/mol. The lowest BCUT2D eigenvalue weighted by Crippen LogP contribution is -2.06. The molecule has 0 saturated heterocycles.